The molecule has 1 fully saturated rings. The van der Waals surface area contributed by atoms with Crippen molar-refractivity contribution in [1.82, 2.24) is 9.78 Å². The van der Waals surface area contributed by atoms with Crippen molar-refractivity contribution in [2.24, 2.45) is 0 Å². The third kappa shape index (κ3) is 2.33. The summed E-state index contributed by atoms with van der Waals surface area (Å²) in [5.41, 5.74) is 2.22. The van der Waals surface area contributed by atoms with Gasteiger partial charge in [-0.1, -0.05) is 25.0 Å². The second-order valence-corrected chi connectivity index (χ2v) is 6.17. The third-order valence-corrected chi connectivity index (χ3v) is 4.78. The summed E-state index contributed by atoms with van der Waals surface area (Å²) >= 11 is 0. The van der Waals surface area contributed by atoms with Crippen molar-refractivity contribution in [1.29, 1.82) is 0 Å². The van der Waals surface area contributed by atoms with Gasteiger partial charge < -0.3 is 5.32 Å². The summed E-state index contributed by atoms with van der Waals surface area (Å²) in [5.74, 6) is 1.52. The van der Waals surface area contributed by atoms with Crippen molar-refractivity contribution in [3.8, 4) is 0 Å². The molecule has 4 heteroatoms. The lowest BCUT2D eigenvalue weighted by molar-refractivity contribution is 0.471. The Balaban J connectivity index is 1.70. The van der Waals surface area contributed by atoms with Crippen molar-refractivity contribution in [2.45, 2.75) is 44.1 Å². The predicted molar refractivity (Wildman–Crippen MR) is 81.1 cm³/mol. The van der Waals surface area contributed by atoms with Crippen LogP contribution in [0, 0.1) is 5.82 Å². The molecule has 0 radical (unpaired) electrons. The van der Waals surface area contributed by atoms with Crippen molar-refractivity contribution < 1.29 is 4.39 Å². The highest BCUT2D eigenvalue weighted by molar-refractivity contribution is 5.42. The zero-order valence-electron chi connectivity index (χ0n) is 12.1. The number of anilines is 1. The Bertz CT molecular complexity index is 643. The molecular weight excluding hydrogens is 265 g/mol. The van der Waals surface area contributed by atoms with Crippen LogP contribution in [0.2, 0.25) is 0 Å². The van der Waals surface area contributed by atoms with Crippen LogP contribution in [0.1, 0.15) is 55.3 Å². The number of nitrogens with zero attached hydrogens (tertiary/aromatic N) is 2. The largest absolute Gasteiger partial charge is 0.370 e. The summed E-state index contributed by atoms with van der Waals surface area (Å²) in [7, 11) is 0. The van der Waals surface area contributed by atoms with E-state index >= 15 is 0 Å². The van der Waals surface area contributed by atoms with Crippen LogP contribution >= 0.6 is 0 Å². The first-order chi connectivity index (χ1) is 10.3. The maximum atomic E-state index is 13.5. The fourth-order valence-corrected chi connectivity index (χ4v) is 3.69. The molecule has 1 aromatic carbocycles. The van der Waals surface area contributed by atoms with Gasteiger partial charge >= 0.3 is 0 Å². The zero-order valence-corrected chi connectivity index (χ0v) is 12.1. The molecule has 1 atom stereocenters. The molecule has 1 aliphatic heterocycles. The maximum Gasteiger partial charge on any atom is 0.125 e. The number of hydrogen-bond acceptors (Lipinski definition) is 2. The van der Waals surface area contributed by atoms with Crippen molar-refractivity contribution in [3.05, 3.63) is 47.4 Å². The van der Waals surface area contributed by atoms with E-state index in [2.05, 4.69) is 16.1 Å². The highest BCUT2D eigenvalue weighted by atomic mass is 19.1. The lowest BCUT2D eigenvalue weighted by Crippen LogP contribution is -2.24. The van der Waals surface area contributed by atoms with Crippen LogP contribution in [0.3, 0.4) is 0 Å². The quantitative estimate of drug-likeness (QED) is 0.901. The van der Waals surface area contributed by atoms with Gasteiger partial charge in [-0.05, 0) is 37.0 Å². The van der Waals surface area contributed by atoms with E-state index in [1.165, 1.54) is 37.4 Å². The summed E-state index contributed by atoms with van der Waals surface area (Å²) < 4.78 is 15.6. The first-order valence-electron chi connectivity index (χ1n) is 7.90. The zero-order chi connectivity index (χ0) is 14.2. The molecule has 3 nitrogen and oxygen atoms in total. The van der Waals surface area contributed by atoms with Gasteiger partial charge in [-0.3, -0.25) is 0 Å². The Morgan fingerprint density at radius 3 is 2.81 bits per heavy atom. The van der Waals surface area contributed by atoms with E-state index < -0.39 is 0 Å². The van der Waals surface area contributed by atoms with E-state index in [1.54, 1.807) is 12.1 Å². The van der Waals surface area contributed by atoms with Gasteiger partial charge in [0, 0.05) is 18.5 Å². The molecule has 1 unspecified atom stereocenters. The first-order valence-corrected chi connectivity index (χ1v) is 7.90. The SMILES string of the molecule is Fc1cccc(C2CCNc3cc(C4CCCC4)nn32)c1. The summed E-state index contributed by atoms with van der Waals surface area (Å²) in [6.07, 6.45) is 6.08. The molecule has 2 heterocycles. The van der Waals surface area contributed by atoms with Crippen molar-refractivity contribution >= 4 is 5.82 Å². The molecule has 0 bridgehead atoms. The van der Waals surface area contributed by atoms with Crippen molar-refractivity contribution in [3.63, 3.8) is 0 Å². The molecule has 110 valence electrons. The summed E-state index contributed by atoms with van der Waals surface area (Å²) in [6.45, 7) is 0.914. The van der Waals surface area contributed by atoms with Crippen LogP contribution in [0.25, 0.3) is 0 Å². The molecule has 0 amide bonds. The van der Waals surface area contributed by atoms with E-state index in [0.717, 1.165) is 24.3 Å². The minimum Gasteiger partial charge on any atom is -0.370 e. The number of halogens is 1. The van der Waals surface area contributed by atoms with Crippen LogP contribution in [0.5, 0.6) is 0 Å². The molecule has 1 aromatic heterocycles. The topological polar surface area (TPSA) is 29.9 Å². The van der Waals surface area contributed by atoms with Gasteiger partial charge in [0.25, 0.3) is 0 Å². The molecule has 1 saturated carbocycles. The molecule has 2 aromatic rings. The van der Waals surface area contributed by atoms with E-state index in [-0.39, 0.29) is 11.9 Å². The summed E-state index contributed by atoms with van der Waals surface area (Å²) in [4.78, 5) is 0. The standard InChI is InChI=1S/C17H20FN3/c18-14-7-3-6-13(10-14)16-8-9-19-17-11-15(20-21(16)17)12-4-1-2-5-12/h3,6-7,10-12,16,19H,1-2,4-5,8-9H2. The Morgan fingerprint density at radius 2 is 2.00 bits per heavy atom. The maximum absolute atomic E-state index is 13.5. The molecule has 1 aliphatic carbocycles. The summed E-state index contributed by atoms with van der Waals surface area (Å²) in [5, 5.41) is 8.28. The van der Waals surface area contributed by atoms with Gasteiger partial charge in [0.15, 0.2) is 0 Å². The second kappa shape index (κ2) is 5.17. The number of fused-ring (bicyclic) bond motifs is 1. The number of benzene rings is 1. The average molecular weight is 285 g/mol. The van der Waals surface area contributed by atoms with E-state index in [1.807, 2.05) is 6.07 Å². The molecule has 1 N–H and O–H groups in total. The Kier molecular flexibility index (Phi) is 3.17. The third-order valence-electron chi connectivity index (χ3n) is 4.78. The number of hydrogen-bond donors (Lipinski definition) is 1. The Hall–Kier alpha value is -1.84. The van der Waals surface area contributed by atoms with Gasteiger partial charge in [0.05, 0.1) is 11.7 Å². The van der Waals surface area contributed by atoms with Crippen molar-refractivity contribution in [2.75, 3.05) is 11.9 Å². The number of nitrogens with one attached hydrogen (secondary N) is 1. The average Bonchev–Trinajstić information content (AvgIpc) is 3.15. The molecule has 4 rings (SSSR count). The fourth-order valence-electron chi connectivity index (χ4n) is 3.69. The van der Waals surface area contributed by atoms with Gasteiger partial charge in [-0.15, -0.1) is 0 Å². The van der Waals surface area contributed by atoms with Crippen LogP contribution in [-0.4, -0.2) is 16.3 Å². The number of aromatic nitrogens is 2. The van der Waals surface area contributed by atoms with Gasteiger partial charge in [-0.25, -0.2) is 9.07 Å². The van der Waals surface area contributed by atoms with E-state index in [4.69, 9.17) is 5.10 Å². The summed E-state index contributed by atoms with van der Waals surface area (Å²) in [6, 6.07) is 9.26. The van der Waals surface area contributed by atoms with Crippen LogP contribution in [0.4, 0.5) is 10.2 Å². The molecule has 0 spiro atoms. The van der Waals surface area contributed by atoms with E-state index in [9.17, 15) is 4.39 Å². The normalized spacial score (nSPS) is 22.0. The Morgan fingerprint density at radius 1 is 1.14 bits per heavy atom. The van der Waals surface area contributed by atoms with Gasteiger partial charge in [-0.2, -0.15) is 5.10 Å². The van der Waals surface area contributed by atoms with Crippen LogP contribution < -0.4 is 5.32 Å². The minimum atomic E-state index is -0.171. The van der Waals surface area contributed by atoms with E-state index in [0.29, 0.717) is 5.92 Å². The predicted octanol–water partition coefficient (Wildman–Crippen LogP) is 4.08. The van der Waals surface area contributed by atoms with Gasteiger partial charge in [0.1, 0.15) is 11.6 Å². The molecule has 0 saturated heterocycles. The highest BCUT2D eigenvalue weighted by Gasteiger charge is 2.27. The molecule has 21 heavy (non-hydrogen) atoms. The monoisotopic (exact) mass is 285 g/mol. The van der Waals surface area contributed by atoms with Crippen LogP contribution in [-0.2, 0) is 0 Å². The fraction of sp³-hybridized carbons (Fsp3) is 0.471. The van der Waals surface area contributed by atoms with Gasteiger partial charge in [0.2, 0.25) is 0 Å². The molecule has 2 aliphatic rings. The lowest BCUT2D eigenvalue weighted by atomic mass is 10.0. The van der Waals surface area contributed by atoms with Crippen LogP contribution in [0.15, 0.2) is 30.3 Å². The Labute approximate surface area is 124 Å². The number of rotatable bonds is 2. The second-order valence-electron chi connectivity index (χ2n) is 6.17. The highest BCUT2D eigenvalue weighted by Crippen LogP contribution is 2.37. The molecular formula is C17H20FN3. The smallest absolute Gasteiger partial charge is 0.125 e. The minimum absolute atomic E-state index is 0.145. The first kappa shape index (κ1) is 12.9. The lowest BCUT2D eigenvalue weighted by Gasteiger charge is -2.26.